The van der Waals surface area contributed by atoms with Crippen LogP contribution in [0.4, 0.5) is 23.0 Å². The molecule has 2 aliphatic rings. The summed E-state index contributed by atoms with van der Waals surface area (Å²) in [6, 6.07) is 5.37. The highest BCUT2D eigenvalue weighted by Crippen LogP contribution is 2.40. The number of aromatic nitrogens is 2. The van der Waals surface area contributed by atoms with Crippen LogP contribution in [0.25, 0.3) is 0 Å². The van der Waals surface area contributed by atoms with Crippen molar-refractivity contribution in [1.82, 2.24) is 20.2 Å². The predicted molar refractivity (Wildman–Crippen MR) is 121 cm³/mol. The van der Waals surface area contributed by atoms with Gasteiger partial charge in [-0.3, -0.25) is 10.1 Å². The first kappa shape index (κ1) is 22.0. The van der Waals surface area contributed by atoms with Crippen LogP contribution in [0, 0.1) is 10.1 Å². The second kappa shape index (κ2) is 9.53. The van der Waals surface area contributed by atoms with Gasteiger partial charge in [-0.2, -0.15) is 4.98 Å². The number of nitro groups is 1. The molecular formula is C21H29N7O4. The molecule has 2 saturated heterocycles. The number of methoxy groups -OCH3 is 1. The normalized spacial score (nSPS) is 17.2. The molecule has 3 heterocycles. The van der Waals surface area contributed by atoms with Gasteiger partial charge < -0.3 is 29.9 Å². The Hall–Kier alpha value is -3.18. The Morgan fingerprint density at radius 1 is 1.28 bits per heavy atom. The minimum absolute atomic E-state index is 0.0181. The van der Waals surface area contributed by atoms with E-state index in [4.69, 9.17) is 9.47 Å². The largest absolute Gasteiger partial charge is 0.494 e. The zero-order chi connectivity index (χ0) is 22.7. The molecule has 0 bridgehead atoms. The Morgan fingerprint density at radius 3 is 2.62 bits per heavy atom. The highest BCUT2D eigenvalue weighted by atomic mass is 16.6. The lowest BCUT2D eigenvalue weighted by Gasteiger charge is -2.36. The summed E-state index contributed by atoms with van der Waals surface area (Å²) in [4.78, 5) is 24.4. The molecule has 2 aliphatic heterocycles. The van der Waals surface area contributed by atoms with Crippen molar-refractivity contribution < 1.29 is 14.4 Å². The smallest absolute Gasteiger partial charge is 0.294 e. The molecule has 1 aromatic carbocycles. The molecular weight excluding hydrogens is 414 g/mol. The van der Waals surface area contributed by atoms with E-state index in [-0.39, 0.29) is 22.7 Å². The van der Waals surface area contributed by atoms with Crippen molar-refractivity contribution in [1.29, 1.82) is 0 Å². The molecule has 0 unspecified atom stereocenters. The highest BCUT2D eigenvalue weighted by molar-refractivity contribution is 5.77. The molecule has 2 N–H and O–H groups in total. The molecule has 2 fully saturated rings. The first-order valence-corrected chi connectivity index (χ1v) is 10.7. The van der Waals surface area contributed by atoms with Gasteiger partial charge in [0, 0.05) is 56.6 Å². The number of nitrogens with one attached hydrogen (secondary N) is 2. The van der Waals surface area contributed by atoms with Gasteiger partial charge in [0.1, 0.15) is 17.5 Å². The quantitative estimate of drug-likeness (QED) is 0.463. The zero-order valence-corrected chi connectivity index (χ0v) is 18.6. The van der Waals surface area contributed by atoms with Crippen LogP contribution in [-0.4, -0.2) is 79.3 Å². The van der Waals surface area contributed by atoms with Crippen molar-refractivity contribution in [3.05, 3.63) is 34.5 Å². The van der Waals surface area contributed by atoms with Gasteiger partial charge in [0.25, 0.3) is 5.69 Å². The Morgan fingerprint density at radius 2 is 2.03 bits per heavy atom. The summed E-state index contributed by atoms with van der Waals surface area (Å²) in [6.07, 6.45) is 3.57. The maximum Gasteiger partial charge on any atom is 0.294 e. The number of ether oxygens (including phenoxy) is 2. The first-order chi connectivity index (χ1) is 15.4. The van der Waals surface area contributed by atoms with Crippen LogP contribution < -0.4 is 25.0 Å². The van der Waals surface area contributed by atoms with Crippen LogP contribution in [0.2, 0.25) is 0 Å². The van der Waals surface area contributed by atoms with E-state index in [9.17, 15) is 10.1 Å². The van der Waals surface area contributed by atoms with Crippen LogP contribution in [-0.2, 0) is 0 Å². The molecule has 0 radical (unpaired) electrons. The standard InChI is InChI=1S/C21H29N7O4/c1-26(2)14-5-8-27(9-6-14)17-11-19(31-3)16(10-18(17)28(29)30)24-21-23-7-4-20(25-21)32-15-12-22-13-15/h4,7,10-11,14-15,22H,5-6,8-9,12-13H2,1-3H3,(H,23,24,25). The minimum Gasteiger partial charge on any atom is -0.494 e. The fourth-order valence-corrected chi connectivity index (χ4v) is 3.95. The van der Waals surface area contributed by atoms with Gasteiger partial charge in [-0.15, -0.1) is 0 Å². The van der Waals surface area contributed by atoms with E-state index in [0.717, 1.165) is 39.0 Å². The van der Waals surface area contributed by atoms with E-state index < -0.39 is 0 Å². The Bertz CT molecular complexity index is 959. The number of nitrogens with zero attached hydrogens (tertiary/aromatic N) is 5. The van der Waals surface area contributed by atoms with Gasteiger partial charge in [-0.1, -0.05) is 0 Å². The lowest BCUT2D eigenvalue weighted by molar-refractivity contribution is -0.384. The predicted octanol–water partition coefficient (Wildman–Crippen LogP) is 2.02. The van der Waals surface area contributed by atoms with Crippen LogP contribution in [0.1, 0.15) is 12.8 Å². The average Bonchev–Trinajstić information content (AvgIpc) is 2.76. The summed E-state index contributed by atoms with van der Waals surface area (Å²) in [7, 11) is 5.67. The van der Waals surface area contributed by atoms with Crippen LogP contribution in [0.3, 0.4) is 0 Å². The SMILES string of the molecule is COc1cc(N2CCC(N(C)C)CC2)c([N+](=O)[O-])cc1Nc1nccc(OC2CNC2)n1. The average molecular weight is 444 g/mol. The molecule has 11 heteroatoms. The summed E-state index contributed by atoms with van der Waals surface area (Å²) in [5.41, 5.74) is 1.00. The fraction of sp³-hybridized carbons (Fsp3) is 0.524. The maximum absolute atomic E-state index is 11.9. The zero-order valence-electron chi connectivity index (χ0n) is 18.6. The topological polar surface area (TPSA) is 118 Å². The monoisotopic (exact) mass is 443 g/mol. The van der Waals surface area contributed by atoms with Gasteiger partial charge in [0.15, 0.2) is 0 Å². The minimum atomic E-state index is -0.359. The second-order valence-electron chi connectivity index (χ2n) is 8.22. The number of hydrogen-bond donors (Lipinski definition) is 2. The summed E-state index contributed by atoms with van der Waals surface area (Å²) in [5.74, 6) is 1.21. The number of anilines is 3. The molecule has 4 rings (SSSR count). The molecule has 0 aliphatic carbocycles. The van der Waals surface area contributed by atoms with Gasteiger partial charge in [0.2, 0.25) is 11.8 Å². The lowest BCUT2D eigenvalue weighted by atomic mass is 10.0. The van der Waals surface area contributed by atoms with E-state index in [0.29, 0.717) is 29.0 Å². The summed E-state index contributed by atoms with van der Waals surface area (Å²) < 4.78 is 11.3. The van der Waals surface area contributed by atoms with Crippen molar-refractivity contribution >= 4 is 23.0 Å². The number of piperidine rings is 1. The van der Waals surface area contributed by atoms with Crippen molar-refractivity contribution in [2.75, 3.05) is 57.6 Å². The van der Waals surface area contributed by atoms with Crippen molar-refractivity contribution in [2.24, 2.45) is 0 Å². The van der Waals surface area contributed by atoms with Gasteiger partial charge >= 0.3 is 0 Å². The Kier molecular flexibility index (Phi) is 6.56. The maximum atomic E-state index is 11.9. The first-order valence-electron chi connectivity index (χ1n) is 10.7. The van der Waals surface area contributed by atoms with Gasteiger partial charge in [0.05, 0.1) is 17.7 Å². The fourth-order valence-electron chi connectivity index (χ4n) is 3.95. The molecule has 172 valence electrons. The summed E-state index contributed by atoms with van der Waals surface area (Å²) >= 11 is 0. The molecule has 1 aromatic heterocycles. The molecule has 32 heavy (non-hydrogen) atoms. The second-order valence-corrected chi connectivity index (χ2v) is 8.22. The van der Waals surface area contributed by atoms with Gasteiger partial charge in [-0.25, -0.2) is 4.98 Å². The third-order valence-electron chi connectivity index (χ3n) is 5.94. The Labute approximate surface area is 186 Å². The summed E-state index contributed by atoms with van der Waals surface area (Å²) in [5, 5.41) is 18.1. The third-order valence-corrected chi connectivity index (χ3v) is 5.94. The van der Waals surface area contributed by atoms with Crippen molar-refractivity contribution in [3.8, 4) is 11.6 Å². The van der Waals surface area contributed by atoms with E-state index in [1.54, 1.807) is 25.4 Å². The number of hydrogen-bond acceptors (Lipinski definition) is 10. The van der Waals surface area contributed by atoms with Crippen LogP contribution >= 0.6 is 0 Å². The van der Waals surface area contributed by atoms with E-state index in [2.05, 4.69) is 44.5 Å². The number of rotatable bonds is 8. The summed E-state index contributed by atoms with van der Waals surface area (Å²) in [6.45, 7) is 3.05. The van der Waals surface area contributed by atoms with Crippen LogP contribution in [0.5, 0.6) is 11.6 Å². The van der Waals surface area contributed by atoms with Crippen LogP contribution in [0.15, 0.2) is 24.4 Å². The molecule has 0 saturated carbocycles. The van der Waals surface area contributed by atoms with E-state index >= 15 is 0 Å². The highest BCUT2D eigenvalue weighted by Gasteiger charge is 2.28. The molecule has 0 spiro atoms. The van der Waals surface area contributed by atoms with E-state index in [1.165, 1.54) is 6.07 Å². The Balaban J connectivity index is 1.57. The number of benzene rings is 1. The van der Waals surface area contributed by atoms with Crippen molar-refractivity contribution in [3.63, 3.8) is 0 Å². The van der Waals surface area contributed by atoms with Gasteiger partial charge in [-0.05, 0) is 26.9 Å². The molecule has 0 atom stereocenters. The molecule has 0 amide bonds. The lowest BCUT2D eigenvalue weighted by Crippen LogP contribution is -2.50. The third kappa shape index (κ3) is 4.83. The molecule has 2 aromatic rings. The molecule has 11 nitrogen and oxygen atoms in total. The number of nitro benzene ring substituents is 1. The van der Waals surface area contributed by atoms with Crippen molar-refractivity contribution in [2.45, 2.75) is 25.0 Å². The van der Waals surface area contributed by atoms with E-state index in [1.807, 2.05) is 0 Å².